The van der Waals surface area contributed by atoms with Crippen molar-refractivity contribution in [3.05, 3.63) is 41.9 Å². The molecule has 2 aliphatic rings. The lowest BCUT2D eigenvalue weighted by molar-refractivity contribution is -0.126. The van der Waals surface area contributed by atoms with E-state index in [9.17, 15) is 18.0 Å². The lowest BCUT2D eigenvalue weighted by Gasteiger charge is -2.31. The van der Waals surface area contributed by atoms with Gasteiger partial charge in [-0.2, -0.15) is 4.31 Å². The molecule has 2 aliphatic heterocycles. The molecule has 4 rings (SSSR count). The Hall–Kier alpha value is -2.85. The molecular formula is C21H25N3O6S. The Balaban J connectivity index is 1.43. The largest absolute Gasteiger partial charge is 0.479 e. The highest BCUT2D eigenvalue weighted by Gasteiger charge is 2.34. The zero-order valence-electron chi connectivity index (χ0n) is 17.4. The summed E-state index contributed by atoms with van der Waals surface area (Å²) in [6, 6.07) is 6.62. The van der Waals surface area contributed by atoms with Crippen LogP contribution in [0.3, 0.4) is 0 Å². The minimum Gasteiger partial charge on any atom is -0.479 e. The highest BCUT2D eigenvalue weighted by molar-refractivity contribution is 7.89. The van der Waals surface area contributed by atoms with E-state index in [0.717, 1.165) is 0 Å². The predicted molar refractivity (Wildman–Crippen MR) is 112 cm³/mol. The number of benzene rings is 1. The van der Waals surface area contributed by atoms with Gasteiger partial charge in [-0.15, -0.1) is 0 Å². The number of nitrogens with zero attached hydrogens (tertiary/aromatic N) is 1. The number of nitrogens with one attached hydrogen (secondary N) is 2. The summed E-state index contributed by atoms with van der Waals surface area (Å²) in [7, 11) is -3.76. The molecule has 10 heteroatoms. The maximum Gasteiger partial charge on any atom is 0.265 e. The summed E-state index contributed by atoms with van der Waals surface area (Å²) in [6.45, 7) is 4.12. The van der Waals surface area contributed by atoms with Crippen LogP contribution in [0.1, 0.15) is 31.1 Å². The summed E-state index contributed by atoms with van der Waals surface area (Å²) in [5.74, 6) is 0.393. The fourth-order valence-electron chi connectivity index (χ4n) is 3.85. The van der Waals surface area contributed by atoms with Gasteiger partial charge in [-0.25, -0.2) is 8.42 Å². The fourth-order valence-corrected chi connectivity index (χ4v) is 5.54. The monoisotopic (exact) mass is 447 g/mol. The number of fused-ring (bicyclic) bond motifs is 1. The van der Waals surface area contributed by atoms with Crippen LogP contribution in [0.15, 0.2) is 39.8 Å². The van der Waals surface area contributed by atoms with Crippen molar-refractivity contribution in [3.63, 3.8) is 0 Å². The van der Waals surface area contributed by atoms with Crippen LogP contribution < -0.4 is 15.4 Å². The molecule has 1 fully saturated rings. The Morgan fingerprint density at radius 3 is 2.71 bits per heavy atom. The predicted octanol–water partition coefficient (Wildman–Crippen LogP) is 2.02. The van der Waals surface area contributed by atoms with E-state index in [1.807, 2.05) is 0 Å². The second-order valence-electron chi connectivity index (χ2n) is 7.84. The first-order valence-corrected chi connectivity index (χ1v) is 11.6. The number of piperidine rings is 1. The van der Waals surface area contributed by atoms with E-state index in [2.05, 4.69) is 10.6 Å². The molecule has 0 bridgehead atoms. The molecule has 1 aromatic carbocycles. The van der Waals surface area contributed by atoms with Gasteiger partial charge in [0.15, 0.2) is 6.10 Å². The topological polar surface area (TPSA) is 118 Å². The number of ether oxygens (including phenoxy) is 1. The summed E-state index contributed by atoms with van der Waals surface area (Å²) in [5, 5.41) is 5.56. The molecule has 9 nitrogen and oxygen atoms in total. The molecule has 0 spiro atoms. The fraction of sp³-hybridized carbons (Fsp3) is 0.429. The maximum absolute atomic E-state index is 13.3. The molecule has 1 atom stereocenters. The zero-order chi connectivity index (χ0) is 22.2. The minimum absolute atomic E-state index is 0.100. The number of anilines is 1. The first-order chi connectivity index (χ1) is 14.8. The Labute approximate surface area is 180 Å². The van der Waals surface area contributed by atoms with Gasteiger partial charge in [0, 0.05) is 25.1 Å². The summed E-state index contributed by atoms with van der Waals surface area (Å²) in [6.07, 6.45) is 1.74. The highest BCUT2D eigenvalue weighted by Crippen LogP contribution is 2.36. The smallest absolute Gasteiger partial charge is 0.265 e. The van der Waals surface area contributed by atoms with Crippen molar-refractivity contribution in [1.82, 2.24) is 9.62 Å². The van der Waals surface area contributed by atoms with Crippen LogP contribution in [0.5, 0.6) is 5.75 Å². The molecule has 2 amide bonds. The van der Waals surface area contributed by atoms with Crippen molar-refractivity contribution in [1.29, 1.82) is 0 Å². The molecule has 0 unspecified atom stereocenters. The van der Waals surface area contributed by atoms with E-state index in [0.29, 0.717) is 42.1 Å². The summed E-state index contributed by atoms with van der Waals surface area (Å²) in [5.41, 5.74) is 0.988. The molecular weight excluding hydrogens is 422 g/mol. The summed E-state index contributed by atoms with van der Waals surface area (Å²) >= 11 is 0. The van der Waals surface area contributed by atoms with Crippen molar-refractivity contribution in [3.8, 4) is 5.75 Å². The van der Waals surface area contributed by atoms with Gasteiger partial charge in [0.25, 0.3) is 5.91 Å². The first-order valence-electron chi connectivity index (χ1n) is 10.2. The summed E-state index contributed by atoms with van der Waals surface area (Å²) < 4.78 is 38.7. The lowest BCUT2D eigenvalue weighted by Crippen LogP contribution is -2.43. The van der Waals surface area contributed by atoms with Crippen LogP contribution in [-0.4, -0.2) is 43.7 Å². The number of amides is 2. The number of rotatable bonds is 5. The zero-order valence-corrected chi connectivity index (χ0v) is 18.2. The standard InChI is InChI=1S/C21H25N3O6S/c1-13-10-17-18(30-14(2)20(25)23-17)11-19(13)31(27,28)24-7-5-15(6-8-24)21(26)22-12-16-4-3-9-29-16/h3-4,9-11,14-15H,5-8,12H2,1-2H3,(H,22,26)(H,23,25)/t14-/m0/s1. The van der Waals surface area contributed by atoms with Crippen LogP contribution in [0.4, 0.5) is 5.69 Å². The third-order valence-corrected chi connectivity index (χ3v) is 7.71. The number of hydrogen-bond acceptors (Lipinski definition) is 6. The molecule has 2 aromatic rings. The second-order valence-corrected chi connectivity index (χ2v) is 9.75. The second kappa shape index (κ2) is 8.35. The lowest BCUT2D eigenvalue weighted by atomic mass is 9.97. The van der Waals surface area contributed by atoms with Crippen molar-refractivity contribution >= 4 is 27.5 Å². The molecule has 0 radical (unpaired) electrons. The van der Waals surface area contributed by atoms with E-state index in [1.54, 1.807) is 38.3 Å². The van der Waals surface area contributed by atoms with Crippen LogP contribution in [0.25, 0.3) is 0 Å². The number of carbonyl (C=O) groups is 2. The van der Waals surface area contributed by atoms with Gasteiger partial charge in [0.1, 0.15) is 11.5 Å². The van der Waals surface area contributed by atoms with E-state index < -0.39 is 16.1 Å². The van der Waals surface area contributed by atoms with Gasteiger partial charge >= 0.3 is 0 Å². The van der Waals surface area contributed by atoms with Gasteiger partial charge in [-0.05, 0) is 50.5 Å². The third kappa shape index (κ3) is 4.31. The normalized spacial score (nSPS) is 19.9. The highest BCUT2D eigenvalue weighted by atomic mass is 32.2. The Morgan fingerprint density at radius 2 is 2.03 bits per heavy atom. The van der Waals surface area contributed by atoms with Gasteiger partial charge in [-0.3, -0.25) is 9.59 Å². The van der Waals surface area contributed by atoms with Crippen molar-refractivity contribution in [2.45, 2.75) is 44.2 Å². The van der Waals surface area contributed by atoms with Gasteiger partial charge < -0.3 is 19.8 Å². The first kappa shape index (κ1) is 21.4. The van der Waals surface area contributed by atoms with Crippen molar-refractivity contribution in [2.24, 2.45) is 5.92 Å². The van der Waals surface area contributed by atoms with Gasteiger partial charge in [0.05, 0.1) is 23.4 Å². The minimum atomic E-state index is -3.76. The van der Waals surface area contributed by atoms with Gasteiger partial charge in [-0.1, -0.05) is 0 Å². The third-order valence-electron chi connectivity index (χ3n) is 5.67. The molecule has 1 aromatic heterocycles. The van der Waals surface area contributed by atoms with Gasteiger partial charge in [0.2, 0.25) is 15.9 Å². The Morgan fingerprint density at radius 1 is 1.29 bits per heavy atom. The van der Waals surface area contributed by atoms with Crippen molar-refractivity contribution < 1.29 is 27.2 Å². The quantitative estimate of drug-likeness (QED) is 0.724. The molecule has 31 heavy (non-hydrogen) atoms. The maximum atomic E-state index is 13.3. The van der Waals surface area contributed by atoms with Crippen LogP contribution >= 0.6 is 0 Å². The number of aryl methyl sites for hydroxylation is 1. The molecule has 166 valence electrons. The molecule has 0 aliphatic carbocycles. The van der Waals surface area contributed by atoms with Crippen LogP contribution in [0.2, 0.25) is 0 Å². The van der Waals surface area contributed by atoms with E-state index >= 15 is 0 Å². The average molecular weight is 448 g/mol. The average Bonchev–Trinajstić information content (AvgIpc) is 3.26. The SMILES string of the molecule is Cc1cc2c(cc1S(=O)(=O)N1CCC(C(=O)NCc3ccco3)CC1)O[C@@H](C)C(=O)N2. The molecule has 1 saturated heterocycles. The number of sulfonamides is 1. The number of furan rings is 1. The van der Waals surface area contributed by atoms with Crippen molar-refractivity contribution in [2.75, 3.05) is 18.4 Å². The van der Waals surface area contributed by atoms with E-state index in [4.69, 9.17) is 9.15 Å². The van der Waals surface area contributed by atoms with E-state index in [1.165, 1.54) is 10.4 Å². The molecule has 3 heterocycles. The summed E-state index contributed by atoms with van der Waals surface area (Å²) in [4.78, 5) is 24.4. The molecule has 0 saturated carbocycles. The van der Waals surface area contributed by atoms with Crippen LogP contribution in [0, 0.1) is 12.8 Å². The number of carbonyl (C=O) groups excluding carboxylic acids is 2. The van der Waals surface area contributed by atoms with E-state index in [-0.39, 0.29) is 35.7 Å². The Kier molecular flexibility index (Phi) is 5.76. The molecule has 2 N–H and O–H groups in total. The Bertz CT molecular complexity index is 1090. The van der Waals surface area contributed by atoms with Crippen LogP contribution in [-0.2, 0) is 26.2 Å². The number of hydrogen-bond donors (Lipinski definition) is 2.